The highest BCUT2D eigenvalue weighted by Gasteiger charge is 2.31. The van der Waals surface area contributed by atoms with Gasteiger partial charge in [-0.05, 0) is 38.5 Å². The fourth-order valence-electron chi connectivity index (χ4n) is 3.89. The number of nitrogens with one attached hydrogen (secondary N) is 3. The number of ether oxygens (including phenoxy) is 2. The summed E-state index contributed by atoms with van der Waals surface area (Å²) in [6.45, 7) is 8.05. The van der Waals surface area contributed by atoms with Gasteiger partial charge in [0.15, 0.2) is 0 Å². The van der Waals surface area contributed by atoms with Crippen molar-refractivity contribution in [2.75, 3.05) is 37.5 Å². The van der Waals surface area contributed by atoms with E-state index in [-0.39, 0.29) is 17.4 Å². The van der Waals surface area contributed by atoms with E-state index in [9.17, 15) is 4.79 Å². The lowest BCUT2D eigenvalue weighted by molar-refractivity contribution is -0.113. The molecule has 1 amide bonds. The number of benzene rings is 2. The van der Waals surface area contributed by atoms with Crippen LogP contribution in [0.1, 0.15) is 32.4 Å². The molecule has 1 heterocycles. The second-order valence-corrected chi connectivity index (χ2v) is 8.02. The fourth-order valence-corrected chi connectivity index (χ4v) is 4.23. The third-order valence-corrected chi connectivity index (χ3v) is 5.86. The smallest absolute Gasteiger partial charge is 0.255 e. The minimum Gasteiger partial charge on any atom is -0.497 e. The SMILES string of the molecule is CCN(CC)c1ccc(C2NC(S)NC(C)=C2C(=O)Nc2cc(OC)cc(OC)c2)cc1. The monoisotopic (exact) mass is 456 g/mol. The van der Waals surface area contributed by atoms with Crippen LogP contribution in [0.25, 0.3) is 0 Å². The van der Waals surface area contributed by atoms with Gasteiger partial charge >= 0.3 is 0 Å². The quantitative estimate of drug-likeness (QED) is 0.452. The Morgan fingerprint density at radius 3 is 2.19 bits per heavy atom. The molecular weight excluding hydrogens is 424 g/mol. The van der Waals surface area contributed by atoms with E-state index in [0.29, 0.717) is 22.8 Å². The second-order valence-electron chi connectivity index (χ2n) is 7.50. The van der Waals surface area contributed by atoms with E-state index >= 15 is 0 Å². The number of nitrogens with zero attached hydrogens (tertiary/aromatic N) is 1. The first-order valence-electron chi connectivity index (χ1n) is 10.7. The van der Waals surface area contributed by atoms with Crippen LogP contribution in [0.3, 0.4) is 0 Å². The molecule has 2 aromatic carbocycles. The minimum absolute atomic E-state index is 0.212. The highest BCUT2D eigenvalue weighted by atomic mass is 32.1. The van der Waals surface area contributed by atoms with Crippen molar-refractivity contribution in [3.05, 3.63) is 59.3 Å². The number of thiol groups is 1. The zero-order valence-electron chi connectivity index (χ0n) is 19.2. The van der Waals surface area contributed by atoms with Gasteiger partial charge in [0.25, 0.3) is 5.91 Å². The number of anilines is 2. The van der Waals surface area contributed by atoms with Crippen molar-refractivity contribution >= 4 is 29.9 Å². The van der Waals surface area contributed by atoms with Crippen LogP contribution in [0.15, 0.2) is 53.7 Å². The van der Waals surface area contributed by atoms with Crippen LogP contribution in [0.5, 0.6) is 11.5 Å². The van der Waals surface area contributed by atoms with Crippen molar-refractivity contribution in [1.82, 2.24) is 10.6 Å². The molecule has 3 rings (SSSR count). The summed E-state index contributed by atoms with van der Waals surface area (Å²) >= 11 is 4.54. The molecule has 0 spiro atoms. The average molecular weight is 457 g/mol. The third-order valence-electron chi connectivity index (χ3n) is 5.58. The molecule has 1 aliphatic rings. The van der Waals surface area contributed by atoms with Crippen molar-refractivity contribution in [3.63, 3.8) is 0 Å². The molecular formula is C24H32N4O3S. The van der Waals surface area contributed by atoms with E-state index < -0.39 is 0 Å². The Bertz CT molecular complexity index is 951. The predicted octanol–water partition coefficient (Wildman–Crippen LogP) is 3.91. The highest BCUT2D eigenvalue weighted by molar-refractivity contribution is 7.80. The fraction of sp³-hybridized carbons (Fsp3) is 0.375. The van der Waals surface area contributed by atoms with Gasteiger partial charge in [-0.15, -0.1) is 12.6 Å². The number of hydrogen-bond donors (Lipinski definition) is 4. The van der Waals surface area contributed by atoms with E-state index in [0.717, 1.165) is 30.0 Å². The van der Waals surface area contributed by atoms with Crippen LogP contribution in [0.4, 0.5) is 11.4 Å². The summed E-state index contributed by atoms with van der Waals surface area (Å²) in [6, 6.07) is 13.3. The maximum Gasteiger partial charge on any atom is 0.255 e. The molecule has 0 saturated carbocycles. The van der Waals surface area contributed by atoms with Crippen molar-refractivity contribution in [1.29, 1.82) is 0 Å². The lowest BCUT2D eigenvalue weighted by atomic mass is 9.94. The van der Waals surface area contributed by atoms with Gasteiger partial charge in [-0.2, -0.15) is 0 Å². The van der Waals surface area contributed by atoms with Gasteiger partial charge in [0, 0.05) is 48.4 Å². The second kappa shape index (κ2) is 10.7. The summed E-state index contributed by atoms with van der Waals surface area (Å²) in [7, 11) is 3.15. The Kier molecular flexibility index (Phi) is 7.93. The first-order chi connectivity index (χ1) is 15.4. The van der Waals surface area contributed by atoms with Gasteiger partial charge in [-0.3, -0.25) is 10.1 Å². The van der Waals surface area contributed by atoms with Crippen molar-refractivity contribution in [2.24, 2.45) is 0 Å². The molecule has 0 aromatic heterocycles. The Labute approximate surface area is 195 Å². The molecule has 1 aliphatic heterocycles. The zero-order chi connectivity index (χ0) is 23.3. The first-order valence-corrected chi connectivity index (χ1v) is 11.2. The van der Waals surface area contributed by atoms with Crippen molar-refractivity contribution in [2.45, 2.75) is 32.3 Å². The Morgan fingerprint density at radius 2 is 1.66 bits per heavy atom. The molecule has 2 unspecified atom stereocenters. The molecule has 0 fully saturated rings. The molecule has 0 radical (unpaired) electrons. The molecule has 8 heteroatoms. The van der Waals surface area contributed by atoms with Gasteiger partial charge in [0.1, 0.15) is 17.0 Å². The average Bonchev–Trinajstić information content (AvgIpc) is 2.79. The summed E-state index contributed by atoms with van der Waals surface area (Å²) in [4.78, 5) is 15.7. The van der Waals surface area contributed by atoms with Crippen LogP contribution in [0.2, 0.25) is 0 Å². The number of allylic oxidation sites excluding steroid dienone is 1. The molecule has 172 valence electrons. The maximum atomic E-state index is 13.4. The van der Waals surface area contributed by atoms with E-state index in [1.165, 1.54) is 0 Å². The topological polar surface area (TPSA) is 74.9 Å². The van der Waals surface area contributed by atoms with Crippen LogP contribution in [-0.4, -0.2) is 38.7 Å². The third kappa shape index (κ3) is 5.31. The van der Waals surface area contributed by atoms with Crippen LogP contribution >= 0.6 is 12.6 Å². The molecule has 32 heavy (non-hydrogen) atoms. The van der Waals surface area contributed by atoms with Crippen molar-refractivity contribution < 1.29 is 14.3 Å². The first kappa shape index (κ1) is 23.8. The van der Waals surface area contributed by atoms with Crippen LogP contribution < -0.4 is 30.3 Å². The van der Waals surface area contributed by atoms with E-state index in [4.69, 9.17) is 9.47 Å². The summed E-state index contributed by atoms with van der Waals surface area (Å²) in [5.74, 6) is 0.990. The van der Waals surface area contributed by atoms with Crippen LogP contribution in [0, 0.1) is 0 Å². The number of methoxy groups -OCH3 is 2. The Hall–Kier alpha value is -2.84. The van der Waals surface area contributed by atoms with Gasteiger partial charge in [0.05, 0.1) is 25.8 Å². The van der Waals surface area contributed by atoms with Gasteiger partial charge in [-0.25, -0.2) is 0 Å². The number of rotatable bonds is 8. The summed E-state index contributed by atoms with van der Waals surface area (Å²) in [5.41, 5.74) is 3.85. The molecule has 0 aliphatic carbocycles. The summed E-state index contributed by atoms with van der Waals surface area (Å²) in [6.07, 6.45) is 0. The molecule has 3 N–H and O–H groups in total. The number of amides is 1. The summed E-state index contributed by atoms with van der Waals surface area (Å²) < 4.78 is 10.6. The van der Waals surface area contributed by atoms with Gasteiger partial charge < -0.3 is 25.0 Å². The van der Waals surface area contributed by atoms with E-state index in [1.54, 1.807) is 32.4 Å². The lowest BCUT2D eigenvalue weighted by Gasteiger charge is -2.33. The number of carbonyl (C=O) groups is 1. The molecule has 7 nitrogen and oxygen atoms in total. The largest absolute Gasteiger partial charge is 0.497 e. The predicted molar refractivity (Wildman–Crippen MR) is 133 cm³/mol. The van der Waals surface area contributed by atoms with Crippen LogP contribution in [-0.2, 0) is 4.79 Å². The normalized spacial score (nSPS) is 18.1. The zero-order valence-corrected chi connectivity index (χ0v) is 20.1. The van der Waals surface area contributed by atoms with Gasteiger partial charge in [-0.1, -0.05) is 12.1 Å². The minimum atomic E-state index is -0.308. The van der Waals surface area contributed by atoms with Crippen molar-refractivity contribution in [3.8, 4) is 11.5 Å². The highest BCUT2D eigenvalue weighted by Crippen LogP contribution is 2.32. The molecule has 0 bridgehead atoms. The maximum absolute atomic E-state index is 13.4. The lowest BCUT2D eigenvalue weighted by Crippen LogP contribution is -2.47. The van der Waals surface area contributed by atoms with E-state index in [2.05, 4.69) is 71.6 Å². The number of hydrogen-bond acceptors (Lipinski definition) is 7. The Balaban J connectivity index is 1.91. The number of carbonyl (C=O) groups excluding carboxylic acids is 1. The standard InChI is InChI=1S/C24H32N4O3S/c1-6-28(7-2)18-10-8-16(9-11-18)22-21(15(3)25-24(32)27-22)23(29)26-17-12-19(30-4)14-20(13-17)31-5/h8-14,22,24-25,27,32H,6-7H2,1-5H3,(H,26,29). The van der Waals surface area contributed by atoms with Gasteiger partial charge in [0.2, 0.25) is 0 Å². The molecule has 2 atom stereocenters. The summed E-state index contributed by atoms with van der Waals surface area (Å²) in [5, 5.41) is 9.56. The van der Waals surface area contributed by atoms with E-state index in [1.807, 2.05) is 6.92 Å². The molecule has 0 saturated heterocycles. The Morgan fingerprint density at radius 1 is 1.06 bits per heavy atom. The molecule has 2 aromatic rings.